The van der Waals surface area contributed by atoms with Crippen LogP contribution in [0.15, 0.2) is 40.7 Å². The van der Waals surface area contributed by atoms with Gasteiger partial charge < -0.3 is 15.0 Å². The first-order valence-corrected chi connectivity index (χ1v) is 10.5. The van der Waals surface area contributed by atoms with Gasteiger partial charge in [-0.2, -0.15) is 4.98 Å². The van der Waals surface area contributed by atoms with E-state index in [0.29, 0.717) is 23.3 Å². The molecule has 150 valence electrons. The zero-order valence-corrected chi connectivity index (χ0v) is 17.8. The molecule has 1 aromatic heterocycles. The number of benzene rings is 1. The van der Waals surface area contributed by atoms with Crippen LogP contribution in [0.1, 0.15) is 38.8 Å². The number of nitrogens with one attached hydrogen (secondary N) is 1. The molecule has 1 aromatic carbocycles. The van der Waals surface area contributed by atoms with E-state index >= 15 is 0 Å². The summed E-state index contributed by atoms with van der Waals surface area (Å²) in [6.45, 7) is 6.32. The number of carbonyl (C=O) groups is 1. The van der Waals surface area contributed by atoms with Gasteiger partial charge in [0.05, 0.1) is 12.2 Å². The number of rotatable bonds is 7. The third kappa shape index (κ3) is 4.01. The molecule has 0 fully saturated rings. The van der Waals surface area contributed by atoms with E-state index in [1.807, 2.05) is 57.1 Å². The lowest BCUT2D eigenvalue weighted by atomic mass is 9.95. The van der Waals surface area contributed by atoms with Crippen LogP contribution >= 0.6 is 11.8 Å². The first-order valence-electron chi connectivity index (χ1n) is 9.47. The molecule has 0 saturated heterocycles. The maximum Gasteiger partial charge on any atom is 0.338 e. The first kappa shape index (κ1) is 20.3. The number of thioether (sulfide) groups is 1. The standard InChI is InChI=1S/C20H27N5O2S/c1-6-12-27-18(26)16-13(3)21-19-22-20(28-7-2)23-25(19)17(16)14-8-10-15(11-9-14)24(4)5/h8-11,17H,6-7,12H2,1-5H3,(H,21,22,23). The van der Waals surface area contributed by atoms with Crippen LogP contribution in [0.5, 0.6) is 0 Å². The molecule has 1 aliphatic heterocycles. The molecule has 0 amide bonds. The summed E-state index contributed by atoms with van der Waals surface area (Å²) in [5.41, 5.74) is 3.37. The molecule has 8 heteroatoms. The fourth-order valence-corrected chi connectivity index (χ4v) is 3.68. The Morgan fingerprint density at radius 2 is 2.00 bits per heavy atom. The highest BCUT2D eigenvalue weighted by molar-refractivity contribution is 7.99. The average molecular weight is 402 g/mol. The van der Waals surface area contributed by atoms with Crippen LogP contribution in [0.3, 0.4) is 0 Å². The minimum atomic E-state index is -0.379. The Bertz CT molecular complexity index is 873. The van der Waals surface area contributed by atoms with Crippen LogP contribution in [0, 0.1) is 0 Å². The maximum absolute atomic E-state index is 12.9. The SMILES string of the molecule is CCCOC(=O)C1=C(C)Nc2nc(SCC)nn2C1c1ccc(N(C)C)cc1. The molecule has 2 aromatic rings. The number of nitrogens with zero attached hydrogens (tertiary/aromatic N) is 4. The van der Waals surface area contributed by atoms with E-state index in [2.05, 4.69) is 22.3 Å². The maximum atomic E-state index is 12.9. The number of carbonyl (C=O) groups excluding carboxylic acids is 1. The highest BCUT2D eigenvalue weighted by Gasteiger charge is 2.35. The van der Waals surface area contributed by atoms with Crippen molar-refractivity contribution < 1.29 is 9.53 Å². The summed E-state index contributed by atoms with van der Waals surface area (Å²) < 4.78 is 7.26. The predicted octanol–water partition coefficient (Wildman–Crippen LogP) is 3.70. The monoisotopic (exact) mass is 401 g/mol. The van der Waals surface area contributed by atoms with Crippen molar-refractivity contribution in [3.8, 4) is 0 Å². The smallest absolute Gasteiger partial charge is 0.338 e. The molecule has 0 spiro atoms. The topological polar surface area (TPSA) is 72.3 Å². The van der Waals surface area contributed by atoms with Crippen molar-refractivity contribution in [3.63, 3.8) is 0 Å². The molecule has 7 nitrogen and oxygen atoms in total. The largest absolute Gasteiger partial charge is 0.462 e. The van der Waals surface area contributed by atoms with Gasteiger partial charge in [0, 0.05) is 25.5 Å². The zero-order chi connectivity index (χ0) is 20.3. The molecule has 0 saturated carbocycles. The summed E-state index contributed by atoms with van der Waals surface area (Å²) in [6.07, 6.45) is 0.777. The third-order valence-corrected chi connectivity index (χ3v) is 5.21. The van der Waals surface area contributed by atoms with Crippen LogP contribution < -0.4 is 10.2 Å². The van der Waals surface area contributed by atoms with Crippen molar-refractivity contribution in [1.29, 1.82) is 0 Å². The van der Waals surface area contributed by atoms with E-state index in [1.165, 1.54) is 0 Å². The van der Waals surface area contributed by atoms with Gasteiger partial charge in [-0.1, -0.05) is 37.7 Å². The molecule has 1 atom stereocenters. The van der Waals surface area contributed by atoms with Gasteiger partial charge in [0.25, 0.3) is 0 Å². The van der Waals surface area contributed by atoms with Crippen molar-refractivity contribution in [2.24, 2.45) is 0 Å². The van der Waals surface area contributed by atoms with Gasteiger partial charge in [0.15, 0.2) is 0 Å². The lowest BCUT2D eigenvalue weighted by Gasteiger charge is -2.28. The molecule has 1 N–H and O–H groups in total. The summed E-state index contributed by atoms with van der Waals surface area (Å²) in [6, 6.07) is 7.77. The van der Waals surface area contributed by atoms with Gasteiger partial charge in [0.2, 0.25) is 11.1 Å². The lowest BCUT2D eigenvalue weighted by Crippen LogP contribution is -2.29. The highest BCUT2D eigenvalue weighted by atomic mass is 32.2. The van der Waals surface area contributed by atoms with Crippen molar-refractivity contribution in [1.82, 2.24) is 14.8 Å². The summed E-state index contributed by atoms with van der Waals surface area (Å²) in [7, 11) is 4.00. The molecule has 3 rings (SSSR count). The number of fused-ring (bicyclic) bond motifs is 1. The van der Waals surface area contributed by atoms with Crippen LogP contribution in [-0.4, -0.2) is 47.2 Å². The quantitative estimate of drug-likeness (QED) is 0.560. The van der Waals surface area contributed by atoms with E-state index in [-0.39, 0.29) is 12.0 Å². The summed E-state index contributed by atoms with van der Waals surface area (Å²) >= 11 is 1.57. The second-order valence-electron chi connectivity index (χ2n) is 6.78. The van der Waals surface area contributed by atoms with E-state index in [9.17, 15) is 4.79 Å². The van der Waals surface area contributed by atoms with Gasteiger partial charge in [-0.15, -0.1) is 5.10 Å². The minimum absolute atomic E-state index is 0.320. The Labute approximate surface area is 170 Å². The Hall–Kier alpha value is -2.48. The Balaban J connectivity index is 2.07. The van der Waals surface area contributed by atoms with Gasteiger partial charge in [-0.25, -0.2) is 9.48 Å². The second-order valence-corrected chi connectivity index (χ2v) is 8.01. The van der Waals surface area contributed by atoms with Crippen LogP contribution in [0.2, 0.25) is 0 Å². The third-order valence-electron chi connectivity index (χ3n) is 4.49. The van der Waals surface area contributed by atoms with Crippen molar-refractivity contribution in [2.75, 3.05) is 36.7 Å². The molecule has 0 bridgehead atoms. The zero-order valence-electron chi connectivity index (χ0n) is 17.0. The molecular formula is C20H27N5O2S. The summed E-state index contributed by atoms with van der Waals surface area (Å²) in [4.78, 5) is 19.5. The van der Waals surface area contributed by atoms with Gasteiger partial charge in [-0.05, 0) is 36.8 Å². The van der Waals surface area contributed by atoms with Crippen molar-refractivity contribution in [2.45, 2.75) is 38.4 Å². The number of allylic oxidation sites excluding steroid dienone is 1. The molecular weight excluding hydrogens is 374 g/mol. The fourth-order valence-electron chi connectivity index (χ4n) is 3.12. The Morgan fingerprint density at radius 3 is 2.61 bits per heavy atom. The first-order chi connectivity index (χ1) is 13.5. The number of ether oxygens (including phenoxy) is 1. The van der Waals surface area contributed by atoms with Crippen LogP contribution in [0.25, 0.3) is 0 Å². The second kappa shape index (κ2) is 8.68. The average Bonchev–Trinajstić information content (AvgIpc) is 3.07. The molecule has 0 aliphatic carbocycles. The minimum Gasteiger partial charge on any atom is -0.462 e. The summed E-state index contributed by atoms with van der Waals surface area (Å²) in [5, 5.41) is 8.57. The number of anilines is 2. The van der Waals surface area contributed by atoms with E-state index < -0.39 is 0 Å². The normalized spacial score (nSPS) is 15.8. The number of hydrogen-bond donors (Lipinski definition) is 1. The van der Waals surface area contributed by atoms with Crippen molar-refractivity contribution in [3.05, 3.63) is 41.1 Å². The van der Waals surface area contributed by atoms with E-state index in [4.69, 9.17) is 4.74 Å². The van der Waals surface area contributed by atoms with Gasteiger partial charge in [-0.3, -0.25) is 0 Å². The number of esters is 1. The van der Waals surface area contributed by atoms with Crippen LogP contribution in [0.4, 0.5) is 11.6 Å². The number of hydrogen-bond acceptors (Lipinski definition) is 7. The predicted molar refractivity (Wildman–Crippen MR) is 113 cm³/mol. The van der Waals surface area contributed by atoms with Crippen LogP contribution in [-0.2, 0) is 9.53 Å². The van der Waals surface area contributed by atoms with E-state index in [0.717, 1.165) is 29.1 Å². The molecule has 28 heavy (non-hydrogen) atoms. The molecule has 1 aliphatic rings. The van der Waals surface area contributed by atoms with E-state index in [1.54, 1.807) is 16.4 Å². The molecule has 1 unspecified atom stereocenters. The lowest BCUT2D eigenvalue weighted by molar-refractivity contribution is -0.139. The fraction of sp³-hybridized carbons (Fsp3) is 0.450. The molecule has 0 radical (unpaired) electrons. The summed E-state index contributed by atoms with van der Waals surface area (Å²) in [5.74, 6) is 1.20. The molecule has 2 heterocycles. The van der Waals surface area contributed by atoms with Gasteiger partial charge >= 0.3 is 5.97 Å². The van der Waals surface area contributed by atoms with Gasteiger partial charge in [0.1, 0.15) is 6.04 Å². The number of aromatic nitrogens is 3. The Kier molecular flexibility index (Phi) is 6.28. The van der Waals surface area contributed by atoms with Crippen molar-refractivity contribution >= 4 is 29.4 Å². The highest BCUT2D eigenvalue weighted by Crippen LogP contribution is 2.37. The Morgan fingerprint density at radius 1 is 1.29 bits per heavy atom.